The summed E-state index contributed by atoms with van der Waals surface area (Å²) in [7, 11) is -3.75. The quantitative estimate of drug-likeness (QED) is 0.239. The Kier molecular flexibility index (Phi) is 5.81. The van der Waals surface area contributed by atoms with Gasteiger partial charge in [0.2, 0.25) is 10.0 Å². The minimum Gasteiger partial charge on any atom is -0.339 e. The molecular formula is C18H14FIN6O2S2. The molecule has 4 rings (SSSR count). The van der Waals surface area contributed by atoms with Crippen LogP contribution in [0.25, 0.3) is 10.3 Å². The normalized spacial score (nSPS) is 11.6. The molecular weight excluding hydrogens is 542 g/mol. The lowest BCUT2D eigenvalue weighted by molar-refractivity contribution is 0.598. The van der Waals surface area contributed by atoms with E-state index in [1.807, 2.05) is 0 Å². The number of halogens is 2. The van der Waals surface area contributed by atoms with Gasteiger partial charge in [0.15, 0.2) is 16.6 Å². The lowest BCUT2D eigenvalue weighted by atomic mass is 10.2. The Balaban J connectivity index is 1.60. The number of benzene rings is 2. The molecule has 8 nitrogen and oxygen atoms in total. The van der Waals surface area contributed by atoms with Crippen molar-refractivity contribution in [2.75, 3.05) is 10.6 Å². The van der Waals surface area contributed by atoms with Crippen molar-refractivity contribution >= 4 is 76.6 Å². The topological polar surface area (TPSA) is 123 Å². The fourth-order valence-corrected chi connectivity index (χ4v) is 4.62. The molecule has 0 saturated carbocycles. The van der Waals surface area contributed by atoms with Crippen molar-refractivity contribution < 1.29 is 12.8 Å². The average molecular weight is 556 g/mol. The molecule has 0 aliphatic heterocycles. The fourth-order valence-electron chi connectivity index (χ4n) is 2.64. The Labute approximate surface area is 189 Å². The number of primary sulfonamides is 1. The van der Waals surface area contributed by atoms with Crippen LogP contribution in [-0.4, -0.2) is 23.4 Å². The van der Waals surface area contributed by atoms with E-state index in [0.29, 0.717) is 38.0 Å². The molecule has 2 aromatic heterocycles. The molecule has 0 aliphatic carbocycles. The van der Waals surface area contributed by atoms with Crippen molar-refractivity contribution in [1.29, 1.82) is 0 Å². The molecule has 2 heterocycles. The predicted molar refractivity (Wildman–Crippen MR) is 124 cm³/mol. The van der Waals surface area contributed by atoms with Crippen LogP contribution in [-0.2, 0) is 14.5 Å². The molecule has 12 heteroatoms. The number of nitrogens with zero attached hydrogens (tertiary/aromatic N) is 3. The number of alkyl halides is 1. The standard InChI is InChI=1S/C18H14FIN6O2S2/c19-14-6-3-12(7-10(14)8-20)24-16-15-17(23-9-22-16)26-18(29-15)25-11-1-4-13(5-2-11)30(21,27)28/h1-7,9H,8H2,(H2,21,27,28)(H2,22,23,24,25,26). The summed E-state index contributed by atoms with van der Waals surface area (Å²) >= 11 is 3.44. The number of fused-ring (bicyclic) bond motifs is 1. The maximum atomic E-state index is 13.7. The summed E-state index contributed by atoms with van der Waals surface area (Å²) in [5.41, 5.74) is 2.46. The number of rotatable bonds is 6. The van der Waals surface area contributed by atoms with Gasteiger partial charge >= 0.3 is 0 Å². The van der Waals surface area contributed by atoms with Crippen LogP contribution in [0.2, 0.25) is 0 Å². The molecule has 0 fully saturated rings. The first-order valence-electron chi connectivity index (χ1n) is 8.46. The first kappa shape index (κ1) is 20.8. The summed E-state index contributed by atoms with van der Waals surface area (Å²) in [6.07, 6.45) is 1.40. The first-order valence-corrected chi connectivity index (χ1v) is 12.3. The Bertz CT molecular complexity index is 1330. The smallest absolute Gasteiger partial charge is 0.238 e. The Hall–Kier alpha value is -2.42. The number of thiazole rings is 1. The van der Waals surface area contributed by atoms with Crippen LogP contribution in [0.15, 0.2) is 53.7 Å². The first-order chi connectivity index (χ1) is 14.3. The van der Waals surface area contributed by atoms with Gasteiger partial charge in [0.05, 0.1) is 4.90 Å². The molecule has 0 radical (unpaired) electrons. The Morgan fingerprint density at radius 2 is 1.80 bits per heavy atom. The lowest BCUT2D eigenvalue weighted by Crippen LogP contribution is -2.11. The van der Waals surface area contributed by atoms with E-state index in [1.165, 1.54) is 35.9 Å². The van der Waals surface area contributed by atoms with Crippen molar-refractivity contribution in [3.63, 3.8) is 0 Å². The highest BCUT2D eigenvalue weighted by Gasteiger charge is 2.13. The molecule has 4 N–H and O–H groups in total. The van der Waals surface area contributed by atoms with E-state index < -0.39 is 10.0 Å². The van der Waals surface area contributed by atoms with Crippen molar-refractivity contribution in [3.05, 3.63) is 60.2 Å². The molecule has 2 aromatic carbocycles. The van der Waals surface area contributed by atoms with Gasteiger partial charge in [-0.25, -0.2) is 27.9 Å². The van der Waals surface area contributed by atoms with E-state index in [1.54, 1.807) is 24.3 Å². The van der Waals surface area contributed by atoms with Crippen LogP contribution in [0.3, 0.4) is 0 Å². The van der Waals surface area contributed by atoms with Crippen molar-refractivity contribution in [1.82, 2.24) is 15.0 Å². The van der Waals surface area contributed by atoms with Gasteiger partial charge in [-0.05, 0) is 48.0 Å². The zero-order valence-corrected chi connectivity index (χ0v) is 18.9. The van der Waals surface area contributed by atoms with Gasteiger partial charge in [0.25, 0.3) is 0 Å². The maximum Gasteiger partial charge on any atom is 0.238 e. The molecule has 154 valence electrons. The zero-order valence-electron chi connectivity index (χ0n) is 15.1. The summed E-state index contributed by atoms with van der Waals surface area (Å²) in [5, 5.41) is 12.0. The fraction of sp³-hybridized carbons (Fsp3) is 0.0556. The minimum atomic E-state index is -3.75. The number of nitrogens with two attached hydrogens (primary N) is 1. The molecule has 0 amide bonds. The molecule has 0 unspecified atom stereocenters. The Morgan fingerprint density at radius 3 is 2.50 bits per heavy atom. The minimum absolute atomic E-state index is 0.0277. The molecule has 0 spiro atoms. The monoisotopic (exact) mass is 556 g/mol. The van der Waals surface area contributed by atoms with Crippen molar-refractivity contribution in [2.24, 2.45) is 5.14 Å². The second kappa shape index (κ2) is 8.37. The molecule has 0 saturated heterocycles. The van der Waals surface area contributed by atoms with E-state index in [-0.39, 0.29) is 10.7 Å². The summed E-state index contributed by atoms with van der Waals surface area (Å²) in [6, 6.07) is 10.8. The van der Waals surface area contributed by atoms with Crippen LogP contribution in [0, 0.1) is 5.82 Å². The summed E-state index contributed by atoms with van der Waals surface area (Å²) in [4.78, 5) is 12.9. The van der Waals surface area contributed by atoms with E-state index in [4.69, 9.17) is 5.14 Å². The Morgan fingerprint density at radius 1 is 1.07 bits per heavy atom. The predicted octanol–water partition coefficient (Wildman–Crippen LogP) is 4.30. The summed E-state index contributed by atoms with van der Waals surface area (Å²) < 4.78 is 37.8. The number of sulfonamides is 1. The number of nitrogens with one attached hydrogen (secondary N) is 2. The van der Waals surface area contributed by atoms with Gasteiger partial charge in [-0.2, -0.15) is 4.98 Å². The SMILES string of the molecule is NS(=O)(=O)c1ccc(Nc2nc3ncnc(Nc4ccc(F)c(CI)c4)c3s2)cc1. The number of hydrogen-bond donors (Lipinski definition) is 3. The third kappa shape index (κ3) is 4.50. The summed E-state index contributed by atoms with van der Waals surface area (Å²) in [5.74, 6) is 0.307. The van der Waals surface area contributed by atoms with Gasteiger partial charge in [0.1, 0.15) is 16.8 Å². The van der Waals surface area contributed by atoms with Gasteiger partial charge < -0.3 is 10.6 Å². The molecule has 4 aromatic rings. The highest BCUT2D eigenvalue weighted by Crippen LogP contribution is 2.33. The second-order valence-corrected chi connectivity index (χ2v) is 9.48. The summed E-state index contributed by atoms with van der Waals surface area (Å²) in [6.45, 7) is 0. The van der Waals surface area contributed by atoms with E-state index in [9.17, 15) is 12.8 Å². The number of aromatic nitrogens is 3. The third-order valence-electron chi connectivity index (χ3n) is 4.08. The third-order valence-corrected chi connectivity index (χ3v) is 6.80. The second-order valence-electron chi connectivity index (χ2n) is 6.15. The average Bonchev–Trinajstić information content (AvgIpc) is 3.12. The van der Waals surface area contributed by atoms with Crippen molar-refractivity contribution in [3.8, 4) is 0 Å². The zero-order chi connectivity index (χ0) is 21.3. The molecule has 0 bridgehead atoms. The molecule has 0 aliphatic rings. The van der Waals surface area contributed by atoms with Crippen LogP contribution in [0.1, 0.15) is 5.56 Å². The van der Waals surface area contributed by atoms with Crippen LogP contribution >= 0.6 is 33.9 Å². The van der Waals surface area contributed by atoms with Crippen LogP contribution < -0.4 is 15.8 Å². The van der Waals surface area contributed by atoms with E-state index in [0.717, 1.165) is 4.70 Å². The number of hydrogen-bond acceptors (Lipinski definition) is 8. The van der Waals surface area contributed by atoms with Gasteiger partial charge in [0, 0.05) is 15.8 Å². The highest BCUT2D eigenvalue weighted by molar-refractivity contribution is 14.1. The van der Waals surface area contributed by atoms with Crippen molar-refractivity contribution in [2.45, 2.75) is 9.32 Å². The van der Waals surface area contributed by atoms with Crippen LogP contribution in [0.4, 0.5) is 26.7 Å². The van der Waals surface area contributed by atoms with Gasteiger partial charge in [-0.15, -0.1) is 0 Å². The highest BCUT2D eigenvalue weighted by atomic mass is 127. The molecule has 0 atom stereocenters. The largest absolute Gasteiger partial charge is 0.339 e. The maximum absolute atomic E-state index is 13.7. The number of anilines is 4. The van der Waals surface area contributed by atoms with E-state index >= 15 is 0 Å². The van der Waals surface area contributed by atoms with Gasteiger partial charge in [-0.1, -0.05) is 33.9 Å². The lowest BCUT2D eigenvalue weighted by Gasteiger charge is -2.07. The van der Waals surface area contributed by atoms with E-state index in [2.05, 4.69) is 48.2 Å². The molecule has 30 heavy (non-hydrogen) atoms. The van der Waals surface area contributed by atoms with Gasteiger partial charge in [-0.3, -0.25) is 0 Å². The van der Waals surface area contributed by atoms with Crippen LogP contribution in [0.5, 0.6) is 0 Å².